The SMILES string of the molecule is Cc1cnc(-c2ccc(C(F)(F)F)cc2)[se]1. The van der Waals surface area contributed by atoms with Crippen molar-refractivity contribution >= 4 is 14.5 Å². The van der Waals surface area contributed by atoms with E-state index >= 15 is 0 Å². The monoisotopic (exact) mass is 291 g/mol. The van der Waals surface area contributed by atoms with Gasteiger partial charge in [0.15, 0.2) is 0 Å². The van der Waals surface area contributed by atoms with Crippen molar-refractivity contribution in [3.05, 3.63) is 40.5 Å². The fraction of sp³-hybridized carbons (Fsp3) is 0.182. The number of rotatable bonds is 1. The Labute approximate surface area is 96.7 Å². The third-order valence-corrected chi connectivity index (χ3v) is 4.10. The van der Waals surface area contributed by atoms with Crippen molar-refractivity contribution in [1.82, 2.24) is 4.98 Å². The minimum absolute atomic E-state index is 0.153. The summed E-state index contributed by atoms with van der Waals surface area (Å²) < 4.78 is 39.0. The molecule has 0 saturated heterocycles. The zero-order chi connectivity index (χ0) is 11.8. The Hall–Kier alpha value is -1.06. The van der Waals surface area contributed by atoms with Gasteiger partial charge in [-0.3, -0.25) is 0 Å². The van der Waals surface area contributed by atoms with Gasteiger partial charge >= 0.3 is 96.4 Å². The average Bonchev–Trinajstić information content (AvgIpc) is 2.64. The molecule has 0 fully saturated rings. The van der Waals surface area contributed by atoms with Crippen LogP contribution in [0.15, 0.2) is 30.5 Å². The first-order chi connectivity index (χ1) is 7.47. The molecule has 0 atom stereocenters. The Kier molecular flexibility index (Phi) is 2.91. The summed E-state index contributed by atoms with van der Waals surface area (Å²) in [7, 11) is 0. The molecule has 0 unspecified atom stereocenters. The Morgan fingerprint density at radius 1 is 1.12 bits per heavy atom. The summed E-state index contributed by atoms with van der Waals surface area (Å²) in [6.45, 7) is 1.97. The molecule has 0 aliphatic rings. The number of aromatic nitrogens is 1. The molecule has 0 spiro atoms. The quantitative estimate of drug-likeness (QED) is 0.735. The van der Waals surface area contributed by atoms with Crippen LogP contribution >= 0.6 is 0 Å². The zero-order valence-electron chi connectivity index (χ0n) is 8.38. The first kappa shape index (κ1) is 11.4. The molecule has 0 N–H and O–H groups in total. The normalized spacial score (nSPS) is 11.8. The Morgan fingerprint density at radius 3 is 2.19 bits per heavy atom. The van der Waals surface area contributed by atoms with Gasteiger partial charge in [-0.2, -0.15) is 0 Å². The van der Waals surface area contributed by atoms with Gasteiger partial charge in [-0.05, 0) is 0 Å². The zero-order valence-corrected chi connectivity index (χ0v) is 10.1. The van der Waals surface area contributed by atoms with Crippen LogP contribution in [0.1, 0.15) is 10.0 Å². The Morgan fingerprint density at radius 2 is 1.75 bits per heavy atom. The molecule has 0 radical (unpaired) electrons. The Balaban J connectivity index is 2.33. The third-order valence-electron chi connectivity index (χ3n) is 2.08. The van der Waals surface area contributed by atoms with Gasteiger partial charge in [-0.1, -0.05) is 0 Å². The van der Waals surface area contributed by atoms with Gasteiger partial charge in [0.1, 0.15) is 0 Å². The number of halogens is 3. The molecule has 5 heteroatoms. The second-order valence-corrected chi connectivity index (χ2v) is 5.94. The number of aryl methyl sites for hydroxylation is 1. The topological polar surface area (TPSA) is 12.9 Å². The molecule has 1 nitrogen and oxygen atoms in total. The van der Waals surface area contributed by atoms with Crippen LogP contribution in [-0.4, -0.2) is 19.5 Å². The molecule has 0 bridgehead atoms. The summed E-state index contributed by atoms with van der Waals surface area (Å²) in [5.41, 5.74) is 0.160. The molecule has 0 saturated carbocycles. The maximum absolute atomic E-state index is 12.3. The van der Waals surface area contributed by atoms with Crippen molar-refractivity contribution in [2.24, 2.45) is 0 Å². The molecular formula is C11H8F3NSe. The van der Waals surface area contributed by atoms with Crippen LogP contribution in [0.3, 0.4) is 0 Å². The van der Waals surface area contributed by atoms with E-state index < -0.39 is 11.7 Å². The van der Waals surface area contributed by atoms with E-state index in [0.717, 1.165) is 22.3 Å². The van der Waals surface area contributed by atoms with Crippen LogP contribution in [0.2, 0.25) is 0 Å². The Bertz CT molecular complexity index is 485. The van der Waals surface area contributed by atoms with Crippen LogP contribution in [0, 0.1) is 6.92 Å². The van der Waals surface area contributed by atoms with E-state index in [4.69, 9.17) is 0 Å². The van der Waals surface area contributed by atoms with Crippen LogP contribution in [0.25, 0.3) is 10.1 Å². The number of hydrogen-bond donors (Lipinski definition) is 0. The predicted octanol–water partition coefficient (Wildman–Crippen LogP) is 3.13. The molecule has 0 aliphatic heterocycles. The van der Waals surface area contributed by atoms with Gasteiger partial charge in [0.05, 0.1) is 0 Å². The van der Waals surface area contributed by atoms with E-state index in [0.29, 0.717) is 0 Å². The number of alkyl halides is 3. The maximum atomic E-state index is 12.3. The first-order valence-electron chi connectivity index (χ1n) is 4.57. The van der Waals surface area contributed by atoms with Crippen molar-refractivity contribution in [3.8, 4) is 10.1 Å². The number of benzene rings is 1. The summed E-state index contributed by atoms with van der Waals surface area (Å²) in [6.07, 6.45) is -2.50. The molecule has 84 valence electrons. The van der Waals surface area contributed by atoms with Crippen molar-refractivity contribution in [2.45, 2.75) is 13.1 Å². The molecule has 0 amide bonds. The van der Waals surface area contributed by atoms with Gasteiger partial charge in [0, 0.05) is 0 Å². The second-order valence-electron chi connectivity index (χ2n) is 3.35. The van der Waals surface area contributed by atoms with Crippen molar-refractivity contribution in [1.29, 1.82) is 0 Å². The van der Waals surface area contributed by atoms with Crippen molar-refractivity contribution in [2.75, 3.05) is 0 Å². The fourth-order valence-electron chi connectivity index (χ4n) is 1.29. The molecule has 16 heavy (non-hydrogen) atoms. The van der Waals surface area contributed by atoms with Crippen LogP contribution in [0.4, 0.5) is 13.2 Å². The van der Waals surface area contributed by atoms with Gasteiger partial charge < -0.3 is 0 Å². The van der Waals surface area contributed by atoms with Gasteiger partial charge in [0.25, 0.3) is 0 Å². The first-order valence-corrected chi connectivity index (χ1v) is 6.28. The standard InChI is InChI=1S/C11H8F3NSe/c1-7-6-15-10(16-7)8-2-4-9(5-3-8)11(12,13)14/h2-6H,1H3. The molecule has 1 heterocycles. The van der Waals surface area contributed by atoms with Crippen molar-refractivity contribution < 1.29 is 13.2 Å². The van der Waals surface area contributed by atoms with Gasteiger partial charge in [-0.25, -0.2) is 0 Å². The van der Waals surface area contributed by atoms with Crippen LogP contribution in [0.5, 0.6) is 0 Å². The summed E-state index contributed by atoms with van der Waals surface area (Å²) in [5, 5.41) is 0. The number of hydrogen-bond acceptors (Lipinski definition) is 1. The van der Waals surface area contributed by atoms with E-state index in [-0.39, 0.29) is 14.5 Å². The fourth-order valence-corrected chi connectivity index (χ4v) is 2.90. The van der Waals surface area contributed by atoms with Gasteiger partial charge in [-0.15, -0.1) is 0 Å². The number of nitrogens with zero attached hydrogens (tertiary/aromatic N) is 1. The molecular weight excluding hydrogens is 282 g/mol. The third kappa shape index (κ3) is 2.36. The van der Waals surface area contributed by atoms with Gasteiger partial charge in [0.2, 0.25) is 0 Å². The predicted molar refractivity (Wildman–Crippen MR) is 56.4 cm³/mol. The van der Waals surface area contributed by atoms with Crippen molar-refractivity contribution in [3.63, 3.8) is 0 Å². The molecule has 1 aromatic heterocycles. The van der Waals surface area contributed by atoms with Crippen LogP contribution in [-0.2, 0) is 6.18 Å². The minimum atomic E-state index is -4.27. The average molecular weight is 290 g/mol. The molecule has 1 aromatic carbocycles. The molecule has 2 rings (SSSR count). The van der Waals surface area contributed by atoms with E-state index in [9.17, 15) is 13.2 Å². The van der Waals surface area contributed by atoms with E-state index in [2.05, 4.69) is 4.98 Å². The molecule has 2 aromatic rings. The summed E-state index contributed by atoms with van der Waals surface area (Å²) >= 11 is 0.153. The van der Waals surface area contributed by atoms with Crippen LogP contribution < -0.4 is 0 Å². The van der Waals surface area contributed by atoms with E-state index in [1.165, 1.54) is 16.6 Å². The van der Waals surface area contributed by atoms with E-state index in [1.807, 2.05) is 6.92 Å². The second kappa shape index (κ2) is 4.07. The summed E-state index contributed by atoms with van der Waals surface area (Å²) in [4.78, 5) is 4.18. The summed E-state index contributed by atoms with van der Waals surface area (Å²) in [5.74, 6) is 0. The van der Waals surface area contributed by atoms with E-state index in [1.54, 1.807) is 6.20 Å². The molecule has 0 aliphatic carbocycles. The summed E-state index contributed by atoms with van der Waals surface area (Å²) in [6, 6.07) is 5.16.